The average Bonchev–Trinajstić information content (AvgIpc) is 2.45. The molecule has 0 aliphatic carbocycles. The molecular formula is C17H31IN4. The number of pyridine rings is 1. The maximum atomic E-state index is 4.62. The molecule has 0 bridgehead atoms. The fourth-order valence-electron chi connectivity index (χ4n) is 2.17. The van der Waals surface area contributed by atoms with Gasteiger partial charge in [-0.05, 0) is 39.3 Å². The van der Waals surface area contributed by atoms with Crippen LogP contribution in [-0.2, 0) is 6.54 Å². The van der Waals surface area contributed by atoms with Crippen LogP contribution in [0.2, 0.25) is 0 Å². The van der Waals surface area contributed by atoms with Gasteiger partial charge < -0.3 is 10.6 Å². The molecule has 1 aromatic rings. The SMILES string of the molecule is CCCCCC(C)NC(=NCc1cccc(C)n1)NCC.I. The molecule has 1 unspecified atom stereocenters. The first-order valence-electron chi connectivity index (χ1n) is 8.13. The highest BCUT2D eigenvalue weighted by atomic mass is 127. The first-order valence-corrected chi connectivity index (χ1v) is 8.13. The van der Waals surface area contributed by atoms with Crippen LogP contribution in [0.4, 0.5) is 0 Å². The van der Waals surface area contributed by atoms with Crippen molar-refractivity contribution in [2.24, 2.45) is 4.99 Å². The molecule has 4 nitrogen and oxygen atoms in total. The Hall–Kier alpha value is -0.850. The van der Waals surface area contributed by atoms with Crippen molar-refractivity contribution < 1.29 is 0 Å². The number of aliphatic imine (C=N–C) groups is 1. The first kappa shape index (κ1) is 21.1. The third kappa shape index (κ3) is 9.23. The van der Waals surface area contributed by atoms with Crippen LogP contribution >= 0.6 is 24.0 Å². The summed E-state index contributed by atoms with van der Waals surface area (Å²) in [6.45, 7) is 10.0. The lowest BCUT2D eigenvalue weighted by Crippen LogP contribution is -2.42. The van der Waals surface area contributed by atoms with E-state index in [1.165, 1.54) is 25.7 Å². The Morgan fingerprint density at radius 1 is 1.27 bits per heavy atom. The summed E-state index contributed by atoms with van der Waals surface area (Å²) >= 11 is 0. The van der Waals surface area contributed by atoms with E-state index in [1.54, 1.807) is 0 Å². The zero-order valence-corrected chi connectivity index (χ0v) is 16.7. The van der Waals surface area contributed by atoms with E-state index in [4.69, 9.17) is 0 Å². The number of unbranched alkanes of at least 4 members (excludes halogenated alkanes) is 2. The quantitative estimate of drug-likeness (QED) is 0.290. The number of nitrogens with zero attached hydrogens (tertiary/aromatic N) is 2. The summed E-state index contributed by atoms with van der Waals surface area (Å²) in [6, 6.07) is 6.50. The second-order valence-electron chi connectivity index (χ2n) is 5.51. The second kappa shape index (κ2) is 12.7. The van der Waals surface area contributed by atoms with E-state index in [9.17, 15) is 0 Å². The zero-order chi connectivity index (χ0) is 15.5. The van der Waals surface area contributed by atoms with Crippen LogP contribution in [0.5, 0.6) is 0 Å². The summed E-state index contributed by atoms with van der Waals surface area (Å²) in [5, 5.41) is 6.77. The van der Waals surface area contributed by atoms with E-state index < -0.39 is 0 Å². The summed E-state index contributed by atoms with van der Waals surface area (Å²) in [4.78, 5) is 9.11. The van der Waals surface area contributed by atoms with Gasteiger partial charge in [-0.2, -0.15) is 0 Å². The van der Waals surface area contributed by atoms with Crippen LogP contribution < -0.4 is 10.6 Å². The Bertz CT molecular complexity index is 434. The number of aromatic nitrogens is 1. The van der Waals surface area contributed by atoms with Crippen molar-refractivity contribution in [2.75, 3.05) is 6.54 Å². The summed E-state index contributed by atoms with van der Waals surface area (Å²) < 4.78 is 0. The third-order valence-electron chi connectivity index (χ3n) is 3.31. The average molecular weight is 418 g/mol. The molecule has 1 aromatic heterocycles. The topological polar surface area (TPSA) is 49.3 Å². The summed E-state index contributed by atoms with van der Waals surface area (Å²) in [5.41, 5.74) is 2.04. The Kier molecular flexibility index (Phi) is 12.2. The van der Waals surface area contributed by atoms with Crippen LogP contribution in [0.3, 0.4) is 0 Å². The minimum Gasteiger partial charge on any atom is -0.357 e. The van der Waals surface area contributed by atoms with Crippen molar-refractivity contribution in [2.45, 2.75) is 66.0 Å². The van der Waals surface area contributed by atoms with Gasteiger partial charge in [0.2, 0.25) is 0 Å². The maximum Gasteiger partial charge on any atom is 0.191 e. The number of aryl methyl sites for hydroxylation is 1. The van der Waals surface area contributed by atoms with Gasteiger partial charge in [-0.3, -0.25) is 4.98 Å². The maximum absolute atomic E-state index is 4.62. The Labute approximate surface area is 152 Å². The molecule has 0 saturated carbocycles. The molecule has 0 radical (unpaired) electrons. The van der Waals surface area contributed by atoms with Crippen LogP contribution in [-0.4, -0.2) is 23.5 Å². The van der Waals surface area contributed by atoms with Gasteiger partial charge in [0.15, 0.2) is 5.96 Å². The van der Waals surface area contributed by atoms with Crippen molar-refractivity contribution in [3.8, 4) is 0 Å². The highest BCUT2D eigenvalue weighted by Gasteiger charge is 2.05. The molecule has 1 atom stereocenters. The van der Waals surface area contributed by atoms with Gasteiger partial charge in [0.25, 0.3) is 0 Å². The number of hydrogen-bond acceptors (Lipinski definition) is 2. The second-order valence-corrected chi connectivity index (χ2v) is 5.51. The lowest BCUT2D eigenvalue weighted by atomic mass is 10.1. The van der Waals surface area contributed by atoms with Gasteiger partial charge in [0.05, 0.1) is 12.2 Å². The smallest absolute Gasteiger partial charge is 0.191 e. The fraction of sp³-hybridized carbons (Fsp3) is 0.647. The number of rotatable bonds is 8. The molecule has 1 rings (SSSR count). The van der Waals surface area contributed by atoms with Gasteiger partial charge in [-0.15, -0.1) is 24.0 Å². The van der Waals surface area contributed by atoms with Crippen LogP contribution in [0.15, 0.2) is 23.2 Å². The fourth-order valence-corrected chi connectivity index (χ4v) is 2.17. The predicted octanol–water partition coefficient (Wildman–Crippen LogP) is 4.03. The molecule has 0 fully saturated rings. The van der Waals surface area contributed by atoms with Gasteiger partial charge in [-0.25, -0.2) is 4.99 Å². The molecule has 5 heteroatoms. The molecule has 126 valence electrons. The highest BCUT2D eigenvalue weighted by molar-refractivity contribution is 14.0. The van der Waals surface area contributed by atoms with Crippen molar-refractivity contribution in [3.63, 3.8) is 0 Å². The van der Waals surface area contributed by atoms with E-state index in [2.05, 4.69) is 41.4 Å². The predicted molar refractivity (Wildman–Crippen MR) is 106 cm³/mol. The van der Waals surface area contributed by atoms with Crippen LogP contribution in [0.1, 0.15) is 57.8 Å². The Morgan fingerprint density at radius 2 is 2.05 bits per heavy atom. The molecule has 0 spiro atoms. The number of hydrogen-bond donors (Lipinski definition) is 2. The molecule has 0 aliphatic heterocycles. The molecular weight excluding hydrogens is 387 g/mol. The van der Waals surface area contributed by atoms with Crippen LogP contribution in [0.25, 0.3) is 0 Å². The summed E-state index contributed by atoms with van der Waals surface area (Å²) in [6.07, 6.45) is 5.01. The molecule has 0 saturated heterocycles. The number of halogens is 1. The third-order valence-corrected chi connectivity index (χ3v) is 3.31. The molecule has 0 aliphatic rings. The minimum atomic E-state index is 0. The molecule has 0 amide bonds. The summed E-state index contributed by atoms with van der Waals surface area (Å²) in [7, 11) is 0. The zero-order valence-electron chi connectivity index (χ0n) is 14.4. The van der Waals surface area contributed by atoms with Gasteiger partial charge >= 0.3 is 0 Å². The van der Waals surface area contributed by atoms with E-state index in [0.29, 0.717) is 12.6 Å². The molecule has 1 heterocycles. The first-order chi connectivity index (χ1) is 10.2. The monoisotopic (exact) mass is 418 g/mol. The Balaban J connectivity index is 0.00000441. The molecule has 2 N–H and O–H groups in total. The van der Waals surface area contributed by atoms with Crippen molar-refractivity contribution >= 4 is 29.9 Å². The van der Waals surface area contributed by atoms with Gasteiger partial charge in [0.1, 0.15) is 0 Å². The molecule has 22 heavy (non-hydrogen) atoms. The normalized spacial score (nSPS) is 12.5. The van der Waals surface area contributed by atoms with Gasteiger partial charge in [-0.1, -0.05) is 32.3 Å². The minimum absolute atomic E-state index is 0. The van der Waals surface area contributed by atoms with E-state index in [-0.39, 0.29) is 24.0 Å². The van der Waals surface area contributed by atoms with Crippen molar-refractivity contribution in [1.29, 1.82) is 0 Å². The molecule has 0 aromatic carbocycles. The van der Waals surface area contributed by atoms with E-state index in [0.717, 1.165) is 23.9 Å². The highest BCUT2D eigenvalue weighted by Crippen LogP contribution is 2.03. The van der Waals surface area contributed by atoms with Gasteiger partial charge in [0, 0.05) is 18.3 Å². The van der Waals surface area contributed by atoms with Crippen LogP contribution in [0, 0.1) is 6.92 Å². The largest absolute Gasteiger partial charge is 0.357 e. The number of nitrogens with one attached hydrogen (secondary N) is 2. The number of guanidine groups is 1. The van der Waals surface area contributed by atoms with Crippen molar-refractivity contribution in [1.82, 2.24) is 15.6 Å². The lowest BCUT2D eigenvalue weighted by molar-refractivity contribution is 0.546. The lowest BCUT2D eigenvalue weighted by Gasteiger charge is -2.17. The Morgan fingerprint density at radius 3 is 2.68 bits per heavy atom. The van der Waals surface area contributed by atoms with E-state index >= 15 is 0 Å². The van der Waals surface area contributed by atoms with E-state index in [1.807, 2.05) is 25.1 Å². The summed E-state index contributed by atoms with van der Waals surface area (Å²) in [5.74, 6) is 0.879. The standard InChI is InChI=1S/C17H30N4.HI/c1-5-7-8-10-15(4)21-17(18-6-2)19-13-16-12-9-11-14(3)20-16;/h9,11-12,15H,5-8,10,13H2,1-4H3,(H2,18,19,21);1H. The van der Waals surface area contributed by atoms with Crippen molar-refractivity contribution in [3.05, 3.63) is 29.6 Å².